The second kappa shape index (κ2) is 41.9. The highest BCUT2D eigenvalue weighted by molar-refractivity contribution is 5.82. The number of unbranched alkanes of at least 4 members (excludes halogenated alkanes) is 34. The summed E-state index contributed by atoms with van der Waals surface area (Å²) in [5.41, 5.74) is 26.3. The van der Waals surface area contributed by atoms with Gasteiger partial charge in [-0.05, 0) is 124 Å². The van der Waals surface area contributed by atoms with Crippen LogP contribution in [0.4, 0.5) is 0 Å². The highest BCUT2D eigenvalue weighted by atomic mass is 15.2. The Morgan fingerprint density at radius 2 is 0.443 bits per heavy atom. The molecule has 0 bridgehead atoms. The summed E-state index contributed by atoms with van der Waals surface area (Å²) in [5.74, 6) is 0. The quantitative estimate of drug-likeness (QED) is 0.0467. The number of hydrogen-bond acceptors (Lipinski definition) is 0. The van der Waals surface area contributed by atoms with Gasteiger partial charge in [0.15, 0.2) is 0 Å². The SMILES string of the molecule is CCCCCCCCCCCCCCCCCCCCCCCCCCC1=C(c2cc(CCCC)cc(CCCCCC)c2)[N+](=[N-])C(c2cc(CCCC)cc(CCCCCC)c2)=C1CCCCCC. The average Bonchev–Trinajstić information content (AvgIpc) is 3.65. The van der Waals surface area contributed by atoms with Crippen molar-refractivity contribution < 1.29 is 4.70 Å². The molecule has 0 N–H and O–H groups in total. The topological polar surface area (TPSA) is 25.3 Å². The number of aryl methyl sites for hydroxylation is 4. The van der Waals surface area contributed by atoms with Crippen molar-refractivity contribution in [2.45, 2.75) is 337 Å². The fourth-order valence-corrected chi connectivity index (χ4v) is 11.4. The van der Waals surface area contributed by atoms with E-state index in [9.17, 15) is 5.53 Å². The van der Waals surface area contributed by atoms with Gasteiger partial charge in [0.1, 0.15) is 0 Å². The van der Waals surface area contributed by atoms with Crippen molar-refractivity contribution >= 4 is 11.4 Å². The maximum atomic E-state index is 12.9. The van der Waals surface area contributed by atoms with E-state index in [0.29, 0.717) is 0 Å². The van der Waals surface area contributed by atoms with Crippen LogP contribution in [0.15, 0.2) is 47.5 Å². The maximum Gasteiger partial charge on any atom is 0.211 e. The van der Waals surface area contributed by atoms with Crippen LogP contribution in [0.5, 0.6) is 0 Å². The van der Waals surface area contributed by atoms with Crippen LogP contribution in [0, 0.1) is 0 Å². The molecule has 1 heterocycles. The summed E-state index contributed by atoms with van der Waals surface area (Å²) in [4.78, 5) is 0. The number of nitrogens with zero attached hydrogens (tertiary/aromatic N) is 2. The van der Waals surface area contributed by atoms with Gasteiger partial charge in [0.2, 0.25) is 11.4 Å². The second-order valence-corrected chi connectivity index (χ2v) is 22.6. The first kappa shape index (κ1) is 61.8. The zero-order valence-corrected chi connectivity index (χ0v) is 47.9. The minimum absolute atomic E-state index is 1.05. The molecule has 398 valence electrons. The lowest BCUT2D eigenvalue weighted by molar-refractivity contribution is -0.345. The first-order valence-corrected chi connectivity index (χ1v) is 31.7. The van der Waals surface area contributed by atoms with E-state index in [4.69, 9.17) is 0 Å². The molecule has 0 spiro atoms. The Labute approximate surface area is 437 Å². The normalized spacial score (nSPS) is 13.0. The first-order valence-electron chi connectivity index (χ1n) is 31.7. The van der Waals surface area contributed by atoms with E-state index in [1.54, 1.807) is 4.70 Å². The molecule has 0 radical (unpaired) electrons. The molecule has 1 aliphatic rings. The highest BCUT2D eigenvalue weighted by Crippen LogP contribution is 2.45. The van der Waals surface area contributed by atoms with Gasteiger partial charge in [0.25, 0.3) is 0 Å². The zero-order chi connectivity index (χ0) is 50.1. The van der Waals surface area contributed by atoms with Crippen molar-refractivity contribution in [3.8, 4) is 0 Å². The minimum atomic E-state index is 1.05. The van der Waals surface area contributed by atoms with Crippen LogP contribution in [0.25, 0.3) is 16.9 Å². The Kier molecular flexibility index (Phi) is 37.0. The van der Waals surface area contributed by atoms with E-state index in [1.807, 2.05) is 0 Å². The summed E-state index contributed by atoms with van der Waals surface area (Å²) in [5, 5.41) is 0. The molecule has 0 atom stereocenters. The molecule has 2 nitrogen and oxygen atoms in total. The lowest BCUT2D eigenvalue weighted by Crippen LogP contribution is -2.05. The third kappa shape index (κ3) is 26.5. The van der Waals surface area contributed by atoms with Gasteiger partial charge < -0.3 is 5.53 Å². The van der Waals surface area contributed by atoms with Crippen molar-refractivity contribution in [1.82, 2.24) is 0 Å². The lowest BCUT2D eigenvalue weighted by Gasteiger charge is -2.15. The molecule has 2 heteroatoms. The predicted octanol–water partition coefficient (Wildman–Crippen LogP) is 23.5. The molecule has 1 aliphatic heterocycles. The summed E-state index contributed by atoms with van der Waals surface area (Å²) in [6.07, 6.45) is 60.8. The highest BCUT2D eigenvalue weighted by Gasteiger charge is 2.36. The fraction of sp³-hybridized carbons (Fsp3) is 0.765. The monoisotopic (exact) mass is 961 g/mol. The van der Waals surface area contributed by atoms with Gasteiger partial charge in [-0.2, -0.15) is 0 Å². The molecule has 0 aliphatic carbocycles. The van der Waals surface area contributed by atoms with Crippen LogP contribution >= 0.6 is 0 Å². The van der Waals surface area contributed by atoms with Crippen molar-refractivity contribution in [2.75, 3.05) is 0 Å². The Balaban J connectivity index is 1.68. The Bertz CT molecular complexity index is 1670. The molecule has 0 fully saturated rings. The molecule has 0 unspecified atom stereocenters. The molecule has 0 aromatic heterocycles. The van der Waals surface area contributed by atoms with Gasteiger partial charge >= 0.3 is 0 Å². The molecular weight excluding hydrogens is 845 g/mol. The Morgan fingerprint density at radius 3 is 0.700 bits per heavy atom. The van der Waals surface area contributed by atoms with Gasteiger partial charge in [-0.25, -0.2) is 4.70 Å². The van der Waals surface area contributed by atoms with Crippen LogP contribution in [0.1, 0.15) is 345 Å². The number of benzene rings is 2. The van der Waals surface area contributed by atoms with Gasteiger partial charge in [0, 0.05) is 22.3 Å². The molecule has 0 saturated heterocycles. The summed E-state index contributed by atoms with van der Waals surface area (Å²) >= 11 is 0. The van der Waals surface area contributed by atoms with Crippen LogP contribution < -0.4 is 0 Å². The van der Waals surface area contributed by atoms with E-state index < -0.39 is 0 Å². The minimum Gasteiger partial charge on any atom is -0.493 e. The van der Waals surface area contributed by atoms with E-state index in [0.717, 1.165) is 49.9 Å². The van der Waals surface area contributed by atoms with Crippen molar-refractivity contribution in [3.05, 3.63) is 86.5 Å². The average molecular weight is 962 g/mol. The lowest BCUT2D eigenvalue weighted by atomic mass is 9.89. The summed E-state index contributed by atoms with van der Waals surface area (Å²) in [6, 6.07) is 14.9. The predicted molar refractivity (Wildman–Crippen MR) is 313 cm³/mol. The smallest absolute Gasteiger partial charge is 0.211 e. The van der Waals surface area contributed by atoms with Crippen molar-refractivity contribution in [1.29, 1.82) is 0 Å². The van der Waals surface area contributed by atoms with Crippen molar-refractivity contribution in [2.24, 2.45) is 0 Å². The van der Waals surface area contributed by atoms with Gasteiger partial charge in [-0.1, -0.05) is 272 Å². The molecule has 70 heavy (non-hydrogen) atoms. The Hall–Kier alpha value is -2.48. The van der Waals surface area contributed by atoms with Crippen LogP contribution in [0.2, 0.25) is 0 Å². The van der Waals surface area contributed by atoms with E-state index in [2.05, 4.69) is 77.9 Å². The number of allylic oxidation sites excluding steroid dienone is 2. The van der Waals surface area contributed by atoms with E-state index in [1.165, 1.54) is 301 Å². The van der Waals surface area contributed by atoms with Crippen LogP contribution in [0.3, 0.4) is 0 Å². The van der Waals surface area contributed by atoms with Crippen molar-refractivity contribution in [3.63, 3.8) is 0 Å². The zero-order valence-electron chi connectivity index (χ0n) is 47.9. The van der Waals surface area contributed by atoms with Gasteiger partial charge in [-0.3, -0.25) is 0 Å². The molecular formula is C68H116N2. The second-order valence-electron chi connectivity index (χ2n) is 22.6. The molecule has 3 rings (SSSR count). The third-order valence-corrected chi connectivity index (χ3v) is 15.8. The first-order chi connectivity index (χ1) is 34.5. The van der Waals surface area contributed by atoms with E-state index in [-0.39, 0.29) is 0 Å². The molecule has 0 saturated carbocycles. The number of rotatable bonds is 48. The summed E-state index contributed by atoms with van der Waals surface area (Å²) < 4.78 is 1.73. The molecule has 0 amide bonds. The summed E-state index contributed by atoms with van der Waals surface area (Å²) in [6.45, 7) is 13.9. The Morgan fingerprint density at radius 1 is 0.243 bits per heavy atom. The number of hydrogen-bond donors (Lipinski definition) is 0. The van der Waals surface area contributed by atoms with E-state index >= 15 is 0 Å². The molecule has 2 aromatic rings. The van der Waals surface area contributed by atoms with Gasteiger partial charge in [-0.15, -0.1) is 0 Å². The summed E-state index contributed by atoms with van der Waals surface area (Å²) in [7, 11) is 0. The molecule has 2 aromatic carbocycles. The largest absolute Gasteiger partial charge is 0.493 e. The standard InChI is InChI=1S/C68H116N2/c1-7-13-19-23-24-25-26-27-28-29-30-31-32-33-34-35-36-37-38-39-40-41-42-46-52-66-65(51-45-22-16-10-4)67(63-55-59(47-17-11-5)53-61(57-63)49-43-20-14-8-2)70(69)68(66)64-56-60(48-18-12-6)54-62(58-64)50-44-21-15-9-3/h53-58H,7-52H2,1-6H3. The third-order valence-electron chi connectivity index (χ3n) is 15.8. The van der Waals surface area contributed by atoms with Crippen LogP contribution in [-0.2, 0) is 25.7 Å². The maximum absolute atomic E-state index is 12.9. The van der Waals surface area contributed by atoms with Crippen LogP contribution in [-0.4, -0.2) is 4.70 Å². The fourth-order valence-electron chi connectivity index (χ4n) is 11.4. The van der Waals surface area contributed by atoms with Gasteiger partial charge in [0.05, 0.1) is 0 Å².